The SMILES string of the molecule is Fc1cc2c(cc1F)CC(Nc1ccc(-c3nnc(N4CC(c5c[nH]nn5)C4)o3)cn1)C2. The van der Waals surface area contributed by atoms with Gasteiger partial charge in [-0.1, -0.05) is 10.3 Å². The molecule has 0 spiro atoms. The summed E-state index contributed by atoms with van der Waals surface area (Å²) in [5.41, 5.74) is 3.29. The van der Waals surface area contributed by atoms with Crippen molar-refractivity contribution < 1.29 is 13.2 Å². The van der Waals surface area contributed by atoms with Crippen molar-refractivity contribution in [3.63, 3.8) is 0 Å². The Hall–Kier alpha value is -3.89. The van der Waals surface area contributed by atoms with Crippen LogP contribution in [0.15, 0.2) is 41.1 Å². The molecule has 1 saturated heterocycles. The van der Waals surface area contributed by atoms with E-state index in [1.54, 1.807) is 12.4 Å². The maximum absolute atomic E-state index is 13.5. The number of hydrogen-bond donors (Lipinski definition) is 2. The summed E-state index contributed by atoms with van der Waals surface area (Å²) in [6.45, 7) is 1.49. The van der Waals surface area contributed by atoms with Gasteiger partial charge in [-0.2, -0.15) is 0 Å². The maximum Gasteiger partial charge on any atom is 0.318 e. The average molecular weight is 436 g/mol. The number of fused-ring (bicyclic) bond motifs is 1. The zero-order chi connectivity index (χ0) is 21.7. The van der Waals surface area contributed by atoms with Crippen LogP contribution in [0.5, 0.6) is 0 Å². The molecule has 162 valence electrons. The molecule has 0 saturated carbocycles. The van der Waals surface area contributed by atoms with E-state index in [1.165, 1.54) is 12.1 Å². The van der Waals surface area contributed by atoms with Gasteiger partial charge in [-0.05, 0) is 48.2 Å². The lowest BCUT2D eigenvalue weighted by molar-refractivity contribution is 0.449. The van der Waals surface area contributed by atoms with E-state index < -0.39 is 11.6 Å². The Bertz CT molecular complexity index is 1220. The first-order valence-electron chi connectivity index (χ1n) is 10.3. The van der Waals surface area contributed by atoms with Crippen LogP contribution in [-0.4, -0.2) is 49.7 Å². The highest BCUT2D eigenvalue weighted by Crippen LogP contribution is 2.31. The summed E-state index contributed by atoms with van der Waals surface area (Å²) >= 11 is 0. The van der Waals surface area contributed by atoms with Gasteiger partial charge in [0.2, 0.25) is 0 Å². The van der Waals surface area contributed by atoms with Crippen LogP contribution in [0.25, 0.3) is 11.5 Å². The third kappa shape index (κ3) is 3.35. The van der Waals surface area contributed by atoms with Gasteiger partial charge in [0.25, 0.3) is 5.89 Å². The largest absolute Gasteiger partial charge is 0.403 e. The van der Waals surface area contributed by atoms with Gasteiger partial charge in [-0.15, -0.1) is 10.2 Å². The third-order valence-electron chi connectivity index (χ3n) is 5.96. The number of anilines is 2. The number of aromatic amines is 1. The first-order chi connectivity index (χ1) is 15.6. The van der Waals surface area contributed by atoms with E-state index >= 15 is 0 Å². The third-order valence-corrected chi connectivity index (χ3v) is 5.96. The summed E-state index contributed by atoms with van der Waals surface area (Å²) in [6, 6.07) is 6.73. The number of hydrogen-bond acceptors (Lipinski definition) is 8. The van der Waals surface area contributed by atoms with Gasteiger partial charge in [-0.3, -0.25) is 5.10 Å². The van der Waals surface area contributed by atoms with Gasteiger partial charge in [0, 0.05) is 37.4 Å². The molecule has 4 aromatic rings. The highest BCUT2D eigenvalue weighted by molar-refractivity contribution is 5.55. The molecule has 6 rings (SSSR count). The molecule has 4 heterocycles. The summed E-state index contributed by atoms with van der Waals surface area (Å²) in [5.74, 6) is -0.255. The van der Waals surface area contributed by atoms with Crippen LogP contribution in [0.2, 0.25) is 0 Å². The molecule has 11 heteroatoms. The molecule has 0 bridgehead atoms. The quantitative estimate of drug-likeness (QED) is 0.492. The van der Waals surface area contributed by atoms with Gasteiger partial charge >= 0.3 is 6.01 Å². The van der Waals surface area contributed by atoms with Crippen LogP contribution in [-0.2, 0) is 12.8 Å². The average Bonchev–Trinajstić information content (AvgIpc) is 3.50. The first-order valence-corrected chi connectivity index (χ1v) is 10.3. The van der Waals surface area contributed by atoms with Crippen LogP contribution in [0.1, 0.15) is 22.7 Å². The number of aromatic nitrogens is 6. The maximum atomic E-state index is 13.5. The molecule has 0 unspecified atom stereocenters. The number of halogens is 2. The van der Waals surface area contributed by atoms with E-state index in [0.29, 0.717) is 42.0 Å². The standard InChI is InChI=1S/C21H18F2N8O/c22-16-5-12-3-15(4-13(12)6-17(16)23)26-19-2-1-11(7-24-19)20-28-29-21(32-20)31-9-14(10-31)18-8-25-30-27-18/h1-2,5-8,14-15H,3-4,9-10H2,(H,24,26)(H,25,27,30). The van der Waals surface area contributed by atoms with E-state index in [-0.39, 0.29) is 6.04 Å². The molecule has 0 amide bonds. The molecule has 0 atom stereocenters. The molecule has 1 aliphatic heterocycles. The fourth-order valence-electron chi connectivity index (χ4n) is 4.22. The van der Waals surface area contributed by atoms with Gasteiger partial charge in [-0.25, -0.2) is 13.8 Å². The minimum absolute atomic E-state index is 0.0311. The molecule has 32 heavy (non-hydrogen) atoms. The number of nitrogens with zero attached hydrogens (tertiary/aromatic N) is 6. The predicted octanol–water partition coefficient (Wildman–Crippen LogP) is 2.71. The zero-order valence-electron chi connectivity index (χ0n) is 16.8. The molecule has 1 fully saturated rings. The highest BCUT2D eigenvalue weighted by atomic mass is 19.2. The monoisotopic (exact) mass is 436 g/mol. The normalized spacial score (nSPS) is 16.2. The number of rotatable bonds is 5. The fraction of sp³-hybridized carbons (Fsp3) is 0.286. The Morgan fingerprint density at radius 1 is 1.03 bits per heavy atom. The second-order valence-corrected chi connectivity index (χ2v) is 8.11. The Labute approximate surface area is 180 Å². The van der Waals surface area contributed by atoms with E-state index in [9.17, 15) is 8.78 Å². The molecule has 1 aromatic carbocycles. The number of pyridine rings is 1. The smallest absolute Gasteiger partial charge is 0.318 e. The summed E-state index contributed by atoms with van der Waals surface area (Å²) in [7, 11) is 0. The minimum atomic E-state index is -0.808. The van der Waals surface area contributed by atoms with Crippen molar-refractivity contribution in [2.45, 2.75) is 24.8 Å². The fourth-order valence-corrected chi connectivity index (χ4v) is 4.22. The van der Waals surface area contributed by atoms with Crippen molar-refractivity contribution in [3.05, 3.63) is 65.1 Å². The minimum Gasteiger partial charge on any atom is -0.403 e. The van der Waals surface area contributed by atoms with Gasteiger partial charge in [0.1, 0.15) is 5.82 Å². The summed E-state index contributed by atoms with van der Waals surface area (Å²) in [5, 5.41) is 22.1. The van der Waals surface area contributed by atoms with Crippen LogP contribution >= 0.6 is 0 Å². The molecule has 2 N–H and O–H groups in total. The lowest BCUT2D eigenvalue weighted by Gasteiger charge is -2.36. The Morgan fingerprint density at radius 2 is 1.81 bits per heavy atom. The van der Waals surface area contributed by atoms with E-state index in [4.69, 9.17) is 4.42 Å². The summed E-state index contributed by atoms with van der Waals surface area (Å²) < 4.78 is 32.7. The van der Waals surface area contributed by atoms with Crippen molar-refractivity contribution >= 4 is 11.8 Å². The Morgan fingerprint density at radius 3 is 2.47 bits per heavy atom. The molecule has 2 aliphatic rings. The van der Waals surface area contributed by atoms with Crippen molar-refractivity contribution in [1.29, 1.82) is 0 Å². The zero-order valence-corrected chi connectivity index (χ0v) is 16.8. The topological polar surface area (TPSA) is 109 Å². The first kappa shape index (κ1) is 18.8. The van der Waals surface area contributed by atoms with Crippen molar-refractivity contribution in [1.82, 2.24) is 30.6 Å². The Kier molecular flexibility index (Phi) is 4.33. The predicted molar refractivity (Wildman–Crippen MR) is 110 cm³/mol. The molecule has 0 radical (unpaired) electrons. The second-order valence-electron chi connectivity index (χ2n) is 8.11. The van der Waals surface area contributed by atoms with Crippen molar-refractivity contribution in [3.8, 4) is 11.5 Å². The van der Waals surface area contributed by atoms with Gasteiger partial charge in [0.15, 0.2) is 11.6 Å². The van der Waals surface area contributed by atoms with Crippen molar-refractivity contribution in [2.75, 3.05) is 23.3 Å². The lowest BCUT2D eigenvalue weighted by Crippen LogP contribution is -2.45. The lowest BCUT2D eigenvalue weighted by atomic mass is 9.98. The molecule has 3 aromatic heterocycles. The molecular weight excluding hydrogens is 418 g/mol. The molecule has 9 nitrogen and oxygen atoms in total. The van der Waals surface area contributed by atoms with E-state index in [1.807, 2.05) is 17.0 Å². The number of nitrogens with one attached hydrogen (secondary N) is 2. The Balaban J connectivity index is 1.08. The second kappa shape index (κ2) is 7.36. The van der Waals surface area contributed by atoms with Crippen LogP contribution in [0.4, 0.5) is 20.6 Å². The van der Waals surface area contributed by atoms with E-state index in [0.717, 1.165) is 29.9 Å². The molecular formula is C21H18F2N8O. The van der Waals surface area contributed by atoms with Gasteiger partial charge < -0.3 is 14.6 Å². The van der Waals surface area contributed by atoms with E-state index in [2.05, 4.69) is 35.9 Å². The van der Waals surface area contributed by atoms with Crippen LogP contribution in [0.3, 0.4) is 0 Å². The van der Waals surface area contributed by atoms with Gasteiger partial charge in [0.05, 0.1) is 11.3 Å². The van der Waals surface area contributed by atoms with Crippen LogP contribution < -0.4 is 10.2 Å². The highest BCUT2D eigenvalue weighted by Gasteiger charge is 2.33. The number of H-pyrrole nitrogens is 1. The molecule has 1 aliphatic carbocycles. The summed E-state index contributed by atoms with van der Waals surface area (Å²) in [4.78, 5) is 6.42. The number of benzene rings is 1. The summed E-state index contributed by atoms with van der Waals surface area (Å²) in [6.07, 6.45) is 4.70. The van der Waals surface area contributed by atoms with Crippen LogP contribution in [0, 0.1) is 11.6 Å². The van der Waals surface area contributed by atoms with Crippen molar-refractivity contribution in [2.24, 2.45) is 0 Å².